The lowest BCUT2D eigenvalue weighted by Gasteiger charge is -2.14. The molecule has 2 aromatic rings. The highest BCUT2D eigenvalue weighted by Crippen LogP contribution is 2.26. The highest BCUT2D eigenvalue weighted by atomic mass is 32.2. The Balaban J connectivity index is 1.60. The van der Waals surface area contributed by atoms with E-state index in [4.69, 9.17) is 9.47 Å². The first-order chi connectivity index (χ1) is 10.8. The molecule has 8 heteroatoms. The molecule has 0 fully saturated rings. The number of hydrogen-bond acceptors (Lipinski definition) is 6. The van der Waals surface area contributed by atoms with E-state index in [9.17, 15) is 4.79 Å². The molecule has 1 N–H and O–H groups in total. The van der Waals surface area contributed by atoms with E-state index in [-0.39, 0.29) is 12.5 Å². The molecule has 1 aliphatic heterocycles. The molecule has 0 unspecified atom stereocenters. The summed E-state index contributed by atoms with van der Waals surface area (Å²) in [5.41, 5.74) is 0. The average Bonchev–Trinajstić information content (AvgIpc) is 2.96. The average molecular weight is 320 g/mol. The highest BCUT2D eigenvalue weighted by molar-refractivity contribution is 7.99. The van der Waals surface area contributed by atoms with Crippen LogP contribution < -0.4 is 14.8 Å². The molecule has 116 valence electrons. The number of nitrogens with zero attached hydrogens (tertiary/aromatic N) is 3. The summed E-state index contributed by atoms with van der Waals surface area (Å²) in [6, 6.07) is 7.19. The number of anilines is 1. The third kappa shape index (κ3) is 3.16. The van der Waals surface area contributed by atoms with Gasteiger partial charge in [0.1, 0.15) is 0 Å². The fraction of sp³-hybridized carbons (Fsp3) is 0.357. The zero-order valence-electron chi connectivity index (χ0n) is 12.1. The van der Waals surface area contributed by atoms with Crippen LogP contribution in [0.5, 0.6) is 11.5 Å². The minimum absolute atomic E-state index is 0.115. The van der Waals surface area contributed by atoms with Crippen LogP contribution in [0, 0.1) is 0 Å². The van der Waals surface area contributed by atoms with Crippen LogP contribution in [0.4, 0.5) is 5.95 Å². The molecule has 22 heavy (non-hydrogen) atoms. The standard InChI is InChI=1S/C14H16N4O3S/c1-20-10-5-2-3-6-11(10)21-9-12(19)15-13-16-17-14-18(13)7-4-8-22-14/h2-3,5-6H,4,7-9H2,1H3,(H,15,16,19). The molecular formula is C14H16N4O3S. The zero-order valence-corrected chi connectivity index (χ0v) is 12.9. The summed E-state index contributed by atoms with van der Waals surface area (Å²) in [4.78, 5) is 12.0. The number of carbonyl (C=O) groups excluding carboxylic acids is 1. The monoisotopic (exact) mass is 320 g/mol. The molecule has 0 saturated heterocycles. The predicted molar refractivity (Wildman–Crippen MR) is 82.5 cm³/mol. The number of para-hydroxylation sites is 2. The molecule has 0 spiro atoms. The van der Waals surface area contributed by atoms with Crippen LogP contribution >= 0.6 is 11.8 Å². The van der Waals surface area contributed by atoms with Gasteiger partial charge >= 0.3 is 0 Å². The molecule has 0 bridgehead atoms. The van der Waals surface area contributed by atoms with Crippen molar-refractivity contribution >= 4 is 23.6 Å². The topological polar surface area (TPSA) is 78.3 Å². The summed E-state index contributed by atoms with van der Waals surface area (Å²) < 4.78 is 12.6. The second-order valence-electron chi connectivity index (χ2n) is 4.65. The number of amides is 1. The first-order valence-electron chi connectivity index (χ1n) is 6.89. The van der Waals surface area contributed by atoms with Crippen LogP contribution in [0.25, 0.3) is 0 Å². The summed E-state index contributed by atoms with van der Waals surface area (Å²) in [6.07, 6.45) is 1.04. The first kappa shape index (κ1) is 14.7. The zero-order chi connectivity index (χ0) is 15.4. The SMILES string of the molecule is COc1ccccc1OCC(=O)Nc1nnc2n1CCCS2. The Morgan fingerprint density at radius 3 is 3.00 bits per heavy atom. The number of fused-ring (bicyclic) bond motifs is 1. The summed E-state index contributed by atoms with van der Waals surface area (Å²) in [5, 5.41) is 11.6. The van der Waals surface area contributed by atoms with E-state index in [2.05, 4.69) is 15.5 Å². The maximum absolute atomic E-state index is 12.0. The molecule has 0 radical (unpaired) electrons. The number of methoxy groups -OCH3 is 1. The second-order valence-corrected chi connectivity index (χ2v) is 5.71. The van der Waals surface area contributed by atoms with Crippen LogP contribution in [0.15, 0.2) is 29.4 Å². The van der Waals surface area contributed by atoms with Gasteiger partial charge in [0.05, 0.1) is 7.11 Å². The number of nitrogens with one attached hydrogen (secondary N) is 1. The summed E-state index contributed by atoms with van der Waals surface area (Å²) in [5.74, 6) is 2.33. The molecule has 0 saturated carbocycles. The van der Waals surface area contributed by atoms with E-state index in [1.54, 1.807) is 31.0 Å². The molecule has 0 atom stereocenters. The number of thioether (sulfide) groups is 1. The number of ether oxygens (including phenoxy) is 2. The summed E-state index contributed by atoms with van der Waals surface area (Å²) >= 11 is 1.64. The first-order valence-corrected chi connectivity index (χ1v) is 7.88. The van der Waals surface area contributed by atoms with Crippen molar-refractivity contribution in [3.05, 3.63) is 24.3 Å². The van der Waals surface area contributed by atoms with E-state index in [0.29, 0.717) is 17.4 Å². The third-order valence-corrected chi connectivity index (χ3v) is 4.21. The minimum atomic E-state index is -0.281. The summed E-state index contributed by atoms with van der Waals surface area (Å²) in [6.45, 7) is 0.702. The van der Waals surface area contributed by atoms with Gasteiger partial charge in [-0.25, -0.2) is 0 Å². The molecule has 1 aliphatic rings. The Morgan fingerprint density at radius 2 is 2.18 bits per heavy atom. The largest absolute Gasteiger partial charge is 0.493 e. The Kier molecular flexibility index (Phi) is 4.47. The highest BCUT2D eigenvalue weighted by Gasteiger charge is 2.18. The van der Waals surface area contributed by atoms with E-state index in [1.165, 1.54) is 0 Å². The van der Waals surface area contributed by atoms with Crippen LogP contribution in [0.3, 0.4) is 0 Å². The number of hydrogen-bond donors (Lipinski definition) is 1. The quantitative estimate of drug-likeness (QED) is 0.905. The van der Waals surface area contributed by atoms with Crippen LogP contribution in [-0.2, 0) is 11.3 Å². The molecule has 1 amide bonds. The van der Waals surface area contributed by atoms with Crippen molar-refractivity contribution in [3.63, 3.8) is 0 Å². The van der Waals surface area contributed by atoms with Gasteiger partial charge in [-0.1, -0.05) is 23.9 Å². The van der Waals surface area contributed by atoms with Gasteiger partial charge in [-0.05, 0) is 18.6 Å². The number of carbonyl (C=O) groups is 1. The molecule has 1 aromatic carbocycles. The third-order valence-electron chi connectivity index (χ3n) is 3.15. The molecule has 3 rings (SSSR count). The maximum Gasteiger partial charge on any atom is 0.264 e. The molecule has 2 heterocycles. The van der Waals surface area contributed by atoms with Crippen molar-refractivity contribution in [2.45, 2.75) is 18.1 Å². The van der Waals surface area contributed by atoms with Gasteiger partial charge in [-0.3, -0.25) is 14.7 Å². The van der Waals surface area contributed by atoms with E-state index < -0.39 is 0 Å². The lowest BCUT2D eigenvalue weighted by Crippen LogP contribution is -2.23. The fourth-order valence-electron chi connectivity index (χ4n) is 2.12. The molecule has 1 aromatic heterocycles. The Hall–Kier alpha value is -2.22. The smallest absolute Gasteiger partial charge is 0.264 e. The predicted octanol–water partition coefficient (Wildman–Crippen LogP) is 1.80. The van der Waals surface area contributed by atoms with Gasteiger partial charge in [0.2, 0.25) is 5.95 Å². The van der Waals surface area contributed by atoms with E-state index in [0.717, 1.165) is 23.9 Å². The number of aromatic nitrogens is 3. The van der Waals surface area contributed by atoms with Crippen molar-refractivity contribution in [1.29, 1.82) is 0 Å². The molecule has 7 nitrogen and oxygen atoms in total. The van der Waals surface area contributed by atoms with Gasteiger partial charge in [0.15, 0.2) is 23.3 Å². The fourth-order valence-corrected chi connectivity index (χ4v) is 3.01. The van der Waals surface area contributed by atoms with Gasteiger partial charge in [0.25, 0.3) is 5.91 Å². The molecular weight excluding hydrogens is 304 g/mol. The van der Waals surface area contributed by atoms with Gasteiger partial charge in [-0.2, -0.15) is 0 Å². The number of benzene rings is 1. The Bertz CT molecular complexity index is 674. The van der Waals surface area contributed by atoms with Crippen LogP contribution in [0.2, 0.25) is 0 Å². The van der Waals surface area contributed by atoms with Gasteiger partial charge in [0, 0.05) is 12.3 Å². The minimum Gasteiger partial charge on any atom is -0.493 e. The van der Waals surface area contributed by atoms with E-state index >= 15 is 0 Å². The summed E-state index contributed by atoms with van der Waals surface area (Å²) in [7, 11) is 1.56. The number of rotatable bonds is 5. The maximum atomic E-state index is 12.0. The Morgan fingerprint density at radius 1 is 1.36 bits per heavy atom. The van der Waals surface area contributed by atoms with Crippen LogP contribution in [-0.4, -0.2) is 40.1 Å². The normalized spacial score (nSPS) is 13.3. The van der Waals surface area contributed by atoms with Crippen LogP contribution in [0.1, 0.15) is 6.42 Å². The van der Waals surface area contributed by atoms with Crippen molar-refractivity contribution in [1.82, 2.24) is 14.8 Å². The van der Waals surface area contributed by atoms with Gasteiger partial charge in [-0.15, -0.1) is 10.2 Å². The second kappa shape index (κ2) is 6.69. The van der Waals surface area contributed by atoms with Crippen molar-refractivity contribution in [3.8, 4) is 11.5 Å². The molecule has 0 aliphatic carbocycles. The van der Waals surface area contributed by atoms with Gasteiger partial charge < -0.3 is 9.47 Å². The van der Waals surface area contributed by atoms with Crippen molar-refractivity contribution in [2.24, 2.45) is 0 Å². The lowest BCUT2D eigenvalue weighted by molar-refractivity contribution is -0.118. The Labute approximate surface area is 132 Å². The lowest BCUT2D eigenvalue weighted by atomic mass is 10.3. The van der Waals surface area contributed by atoms with Crippen molar-refractivity contribution in [2.75, 3.05) is 24.8 Å². The van der Waals surface area contributed by atoms with E-state index in [1.807, 2.05) is 16.7 Å². The van der Waals surface area contributed by atoms with Crippen molar-refractivity contribution < 1.29 is 14.3 Å².